The van der Waals surface area contributed by atoms with Crippen LogP contribution in [0.1, 0.15) is 13.3 Å². The van der Waals surface area contributed by atoms with E-state index in [0.29, 0.717) is 0 Å². The molecule has 0 saturated heterocycles. The molecule has 54 valence electrons. The average Bonchev–Trinajstić information content (AvgIpc) is 1.59. The Kier molecular flexibility index (Phi) is 3.24. The molecule has 3 nitrogen and oxygen atoms in total. The van der Waals surface area contributed by atoms with Crippen molar-refractivity contribution in [3.8, 4) is 0 Å². The largest absolute Gasteiger partial charge is 0.306 e. The minimum atomic E-state index is -3.11. The van der Waals surface area contributed by atoms with Crippen LogP contribution in [0.3, 0.4) is 0 Å². The van der Waals surface area contributed by atoms with E-state index in [1.54, 1.807) is 0 Å². The predicted molar refractivity (Wildman–Crippen MR) is 38.3 cm³/mol. The van der Waals surface area contributed by atoms with E-state index in [1.165, 1.54) is 6.92 Å². The van der Waals surface area contributed by atoms with Gasteiger partial charge in [-0.25, -0.2) is 4.21 Å². The topological polar surface area (TPSA) is 54.4 Å². The molecule has 1 atom stereocenters. The summed E-state index contributed by atoms with van der Waals surface area (Å²) in [7, 11) is -3.11. The standard InChI is InChI=1S/C4H8O3S2/c1-4(5)2-3-9(6,7)8/h2-3H2,1H3,(H,6,7,8). The Morgan fingerprint density at radius 2 is 2.22 bits per heavy atom. The van der Waals surface area contributed by atoms with Gasteiger partial charge in [0.2, 0.25) is 0 Å². The van der Waals surface area contributed by atoms with Gasteiger partial charge in [0.1, 0.15) is 14.6 Å². The second-order valence-corrected chi connectivity index (χ2v) is 4.87. The second-order valence-electron chi connectivity index (χ2n) is 1.74. The number of carbonyl (C=O) groups excluding carboxylic acids is 1. The van der Waals surface area contributed by atoms with Crippen LogP contribution in [0, 0.1) is 0 Å². The third-order valence-electron chi connectivity index (χ3n) is 0.712. The Morgan fingerprint density at radius 3 is 2.33 bits per heavy atom. The zero-order valence-electron chi connectivity index (χ0n) is 4.99. The molecule has 0 aliphatic carbocycles. The molecular weight excluding hydrogens is 160 g/mol. The van der Waals surface area contributed by atoms with E-state index in [-0.39, 0.29) is 18.0 Å². The third kappa shape index (κ3) is 8.00. The van der Waals surface area contributed by atoms with Gasteiger partial charge in [0, 0.05) is 17.6 Å². The monoisotopic (exact) mass is 168 g/mol. The van der Waals surface area contributed by atoms with Gasteiger partial charge >= 0.3 is 0 Å². The SMILES string of the molecule is CC(=O)CCS(=O)(O)=S. The number of ketones is 1. The van der Waals surface area contributed by atoms with Crippen LogP contribution >= 0.6 is 0 Å². The molecular formula is C4H8O3S2. The first-order chi connectivity index (χ1) is 3.92. The van der Waals surface area contributed by atoms with Gasteiger partial charge in [-0.3, -0.25) is 4.79 Å². The van der Waals surface area contributed by atoms with Crippen LogP contribution in [0.15, 0.2) is 0 Å². The van der Waals surface area contributed by atoms with E-state index in [2.05, 4.69) is 11.2 Å². The highest BCUT2D eigenvalue weighted by atomic mass is 32.8. The molecule has 0 spiro atoms. The highest BCUT2D eigenvalue weighted by molar-refractivity contribution is 8.29. The van der Waals surface area contributed by atoms with Crippen LogP contribution in [0.25, 0.3) is 0 Å². The first kappa shape index (κ1) is 9.00. The summed E-state index contributed by atoms with van der Waals surface area (Å²) in [6.07, 6.45) is 0.0961. The maximum Gasteiger partial charge on any atom is 0.141 e. The van der Waals surface area contributed by atoms with Crippen molar-refractivity contribution in [2.24, 2.45) is 0 Å². The van der Waals surface area contributed by atoms with Crippen molar-refractivity contribution in [1.29, 1.82) is 0 Å². The highest BCUT2D eigenvalue weighted by Crippen LogP contribution is 1.89. The van der Waals surface area contributed by atoms with Crippen LogP contribution in [-0.4, -0.2) is 20.3 Å². The fourth-order valence-corrected chi connectivity index (χ4v) is 1.07. The fourth-order valence-electron chi connectivity index (χ4n) is 0.273. The molecule has 5 heteroatoms. The minimum Gasteiger partial charge on any atom is -0.306 e. The third-order valence-corrected chi connectivity index (χ3v) is 1.93. The first-order valence-electron chi connectivity index (χ1n) is 2.36. The summed E-state index contributed by atoms with van der Waals surface area (Å²) in [4.78, 5) is 10.2. The lowest BCUT2D eigenvalue weighted by atomic mass is 10.4. The molecule has 0 amide bonds. The van der Waals surface area contributed by atoms with Gasteiger partial charge in [-0.1, -0.05) is 0 Å². The summed E-state index contributed by atoms with van der Waals surface area (Å²) in [5.41, 5.74) is 0. The van der Waals surface area contributed by atoms with Crippen LogP contribution in [0.2, 0.25) is 0 Å². The number of Topliss-reactive ketones (excluding diaryl/α,β-unsaturated/α-hetero) is 1. The van der Waals surface area contributed by atoms with Crippen molar-refractivity contribution in [3.63, 3.8) is 0 Å². The van der Waals surface area contributed by atoms with E-state index in [9.17, 15) is 9.00 Å². The maximum absolute atomic E-state index is 10.3. The van der Waals surface area contributed by atoms with Gasteiger partial charge in [-0.2, -0.15) is 0 Å². The van der Waals surface area contributed by atoms with E-state index in [4.69, 9.17) is 4.55 Å². The molecule has 0 fully saturated rings. The summed E-state index contributed by atoms with van der Waals surface area (Å²) in [5.74, 6) is -0.209. The summed E-state index contributed by atoms with van der Waals surface area (Å²) in [6, 6.07) is 0. The smallest absolute Gasteiger partial charge is 0.141 e. The Balaban J connectivity index is 3.67. The van der Waals surface area contributed by atoms with Gasteiger partial charge in [0.15, 0.2) is 0 Å². The number of rotatable bonds is 3. The lowest BCUT2D eigenvalue weighted by molar-refractivity contribution is -0.116. The average molecular weight is 168 g/mol. The van der Waals surface area contributed by atoms with Crippen molar-refractivity contribution in [3.05, 3.63) is 0 Å². The Labute approximate surface area is 59.0 Å². The number of carbonyl (C=O) groups is 1. The molecule has 0 aliphatic rings. The maximum atomic E-state index is 10.3. The van der Waals surface area contributed by atoms with E-state index in [0.717, 1.165) is 0 Å². The Morgan fingerprint density at radius 1 is 1.78 bits per heavy atom. The minimum absolute atomic E-state index is 0.0961. The van der Waals surface area contributed by atoms with Crippen molar-refractivity contribution in [1.82, 2.24) is 0 Å². The summed E-state index contributed by atoms with van der Waals surface area (Å²) < 4.78 is 18.8. The summed E-state index contributed by atoms with van der Waals surface area (Å²) >= 11 is 4.13. The second kappa shape index (κ2) is 3.24. The highest BCUT2D eigenvalue weighted by Gasteiger charge is 2.01. The van der Waals surface area contributed by atoms with Gasteiger partial charge in [-0.15, -0.1) is 0 Å². The van der Waals surface area contributed by atoms with Crippen molar-refractivity contribution >= 4 is 25.7 Å². The van der Waals surface area contributed by atoms with E-state index >= 15 is 0 Å². The molecule has 0 aromatic rings. The van der Waals surface area contributed by atoms with Crippen LogP contribution in [0.5, 0.6) is 0 Å². The molecule has 0 aliphatic heterocycles. The van der Waals surface area contributed by atoms with Crippen LogP contribution in [0.4, 0.5) is 0 Å². The molecule has 1 N–H and O–H groups in total. The van der Waals surface area contributed by atoms with Crippen LogP contribution in [-0.2, 0) is 24.8 Å². The molecule has 0 saturated carbocycles. The Bertz CT molecular complexity index is 192. The normalized spacial score (nSPS) is 16.7. The lowest BCUT2D eigenvalue weighted by Gasteiger charge is -1.93. The molecule has 1 unspecified atom stereocenters. The van der Waals surface area contributed by atoms with Gasteiger partial charge < -0.3 is 4.55 Å². The number of hydrogen-bond acceptors (Lipinski definition) is 3. The Hall–Kier alpha value is -0.0000000000000000555. The molecule has 0 aromatic carbocycles. The van der Waals surface area contributed by atoms with Crippen molar-refractivity contribution < 1.29 is 13.6 Å². The molecule has 0 heterocycles. The number of hydrogen-bond donors (Lipinski definition) is 1. The zero-order valence-corrected chi connectivity index (χ0v) is 6.63. The van der Waals surface area contributed by atoms with E-state index in [1.807, 2.05) is 0 Å². The van der Waals surface area contributed by atoms with Gasteiger partial charge in [0.05, 0.1) is 5.75 Å². The fraction of sp³-hybridized carbons (Fsp3) is 0.750. The molecule has 0 bridgehead atoms. The molecule has 0 aromatic heterocycles. The van der Waals surface area contributed by atoms with Gasteiger partial charge in [-0.05, 0) is 6.92 Å². The zero-order chi connectivity index (χ0) is 7.49. The van der Waals surface area contributed by atoms with Gasteiger partial charge in [0.25, 0.3) is 0 Å². The predicted octanol–water partition coefficient (Wildman–Crippen LogP) is 0.185. The van der Waals surface area contributed by atoms with Crippen molar-refractivity contribution in [2.75, 3.05) is 5.75 Å². The van der Waals surface area contributed by atoms with Crippen molar-refractivity contribution in [2.45, 2.75) is 13.3 Å². The molecule has 0 rings (SSSR count). The first-order valence-corrected chi connectivity index (χ1v) is 4.97. The lowest BCUT2D eigenvalue weighted by Crippen LogP contribution is -2.05. The summed E-state index contributed by atoms with van der Waals surface area (Å²) in [6.45, 7) is 1.36. The summed E-state index contributed by atoms with van der Waals surface area (Å²) in [5, 5.41) is 0. The quantitative estimate of drug-likeness (QED) is 0.653. The molecule has 9 heavy (non-hydrogen) atoms. The van der Waals surface area contributed by atoms with Crippen LogP contribution < -0.4 is 0 Å². The molecule has 0 radical (unpaired) electrons. The van der Waals surface area contributed by atoms with E-state index < -0.39 is 8.77 Å².